The maximum absolute atomic E-state index is 5.96. The Morgan fingerprint density at radius 2 is 2.16 bits per heavy atom. The summed E-state index contributed by atoms with van der Waals surface area (Å²) in [4.78, 5) is 2.47. The highest BCUT2D eigenvalue weighted by Gasteiger charge is 2.20. The second kappa shape index (κ2) is 7.63. The summed E-state index contributed by atoms with van der Waals surface area (Å²) in [6.07, 6.45) is 2.84. The van der Waals surface area contributed by atoms with Crippen molar-refractivity contribution in [2.45, 2.75) is 31.8 Å². The number of nitrogens with zero attached hydrogens (tertiary/aromatic N) is 1. The monoisotopic (exact) mass is 262 g/mol. The molecule has 0 saturated carbocycles. The van der Waals surface area contributed by atoms with Gasteiger partial charge in [-0.2, -0.15) is 0 Å². The molecule has 3 heteroatoms. The summed E-state index contributed by atoms with van der Waals surface area (Å²) in [5.41, 5.74) is 7.30. The zero-order chi connectivity index (χ0) is 13.5. The van der Waals surface area contributed by atoms with Crippen molar-refractivity contribution in [1.29, 1.82) is 0 Å². The third-order valence-corrected chi connectivity index (χ3v) is 3.97. The fourth-order valence-corrected chi connectivity index (χ4v) is 2.76. The molecule has 2 rings (SSSR count). The highest BCUT2D eigenvalue weighted by Crippen LogP contribution is 2.18. The van der Waals surface area contributed by atoms with E-state index >= 15 is 0 Å². The number of likely N-dealkylation sites (N-methyl/N-ethyl adjacent to an activating group) is 1. The molecule has 1 saturated heterocycles. The van der Waals surface area contributed by atoms with E-state index in [4.69, 9.17) is 10.5 Å². The summed E-state index contributed by atoms with van der Waals surface area (Å²) >= 11 is 0. The molecule has 2 unspecified atom stereocenters. The van der Waals surface area contributed by atoms with Crippen molar-refractivity contribution in [3.8, 4) is 0 Å². The maximum atomic E-state index is 5.96. The molecule has 1 aliphatic rings. The molecule has 0 aliphatic carbocycles. The fraction of sp³-hybridized carbons (Fsp3) is 0.625. The molecule has 0 spiro atoms. The zero-order valence-electron chi connectivity index (χ0n) is 11.9. The van der Waals surface area contributed by atoms with Gasteiger partial charge in [-0.3, -0.25) is 0 Å². The molecule has 106 valence electrons. The molecule has 1 aromatic carbocycles. The average Bonchev–Trinajstić information content (AvgIpc) is 2.97. The lowest BCUT2D eigenvalue weighted by Crippen LogP contribution is -2.37. The van der Waals surface area contributed by atoms with Crippen LogP contribution in [0.15, 0.2) is 30.3 Å². The van der Waals surface area contributed by atoms with Gasteiger partial charge in [0.25, 0.3) is 0 Å². The van der Waals surface area contributed by atoms with E-state index in [2.05, 4.69) is 42.2 Å². The molecule has 1 fully saturated rings. The van der Waals surface area contributed by atoms with Gasteiger partial charge in [0.2, 0.25) is 0 Å². The van der Waals surface area contributed by atoms with E-state index in [1.807, 2.05) is 0 Å². The van der Waals surface area contributed by atoms with Crippen molar-refractivity contribution in [1.82, 2.24) is 4.90 Å². The van der Waals surface area contributed by atoms with Crippen molar-refractivity contribution in [3.05, 3.63) is 35.9 Å². The van der Waals surface area contributed by atoms with Crippen molar-refractivity contribution in [2.75, 3.05) is 32.8 Å². The fourth-order valence-electron chi connectivity index (χ4n) is 2.76. The lowest BCUT2D eigenvalue weighted by Gasteiger charge is -2.28. The quantitative estimate of drug-likeness (QED) is 0.819. The minimum atomic E-state index is 0.419. The van der Waals surface area contributed by atoms with Gasteiger partial charge in [-0.05, 0) is 24.9 Å². The van der Waals surface area contributed by atoms with Gasteiger partial charge in [0.15, 0.2) is 0 Å². The molecule has 1 aliphatic heterocycles. The van der Waals surface area contributed by atoms with Crippen molar-refractivity contribution >= 4 is 0 Å². The molecule has 1 aromatic rings. The van der Waals surface area contributed by atoms with E-state index in [1.54, 1.807) is 0 Å². The standard InChI is InChI=1S/C16H26N2O/c1-2-18(13-16-9-6-10-19-16)12-15(11-17)14-7-4-3-5-8-14/h3-5,7-8,15-16H,2,6,9-13,17H2,1H3. The molecule has 0 radical (unpaired) electrons. The summed E-state index contributed by atoms with van der Waals surface area (Å²) in [7, 11) is 0. The van der Waals surface area contributed by atoms with Crippen molar-refractivity contribution < 1.29 is 4.74 Å². The smallest absolute Gasteiger partial charge is 0.0702 e. The predicted octanol–water partition coefficient (Wildman–Crippen LogP) is 2.23. The topological polar surface area (TPSA) is 38.5 Å². The summed E-state index contributed by atoms with van der Waals surface area (Å²) in [5, 5.41) is 0. The SMILES string of the molecule is CCN(CC1CCCO1)CC(CN)c1ccccc1. The number of benzene rings is 1. The third-order valence-electron chi connectivity index (χ3n) is 3.97. The normalized spacial score (nSPS) is 20.9. The Morgan fingerprint density at radius 1 is 1.37 bits per heavy atom. The number of ether oxygens (including phenoxy) is 1. The molecule has 2 N–H and O–H groups in total. The van der Waals surface area contributed by atoms with Gasteiger partial charge >= 0.3 is 0 Å². The number of hydrogen-bond acceptors (Lipinski definition) is 3. The van der Waals surface area contributed by atoms with E-state index in [0.717, 1.165) is 26.2 Å². The summed E-state index contributed by atoms with van der Waals surface area (Å²) < 4.78 is 5.73. The molecule has 0 bridgehead atoms. The van der Waals surface area contributed by atoms with Crippen LogP contribution >= 0.6 is 0 Å². The predicted molar refractivity (Wildman–Crippen MR) is 79.3 cm³/mol. The van der Waals surface area contributed by atoms with Crippen LogP contribution < -0.4 is 5.73 Å². The van der Waals surface area contributed by atoms with Crippen LogP contribution in [0.25, 0.3) is 0 Å². The minimum absolute atomic E-state index is 0.419. The van der Waals surface area contributed by atoms with Crippen LogP contribution in [0.3, 0.4) is 0 Å². The van der Waals surface area contributed by atoms with Crippen LogP contribution in [-0.4, -0.2) is 43.8 Å². The average molecular weight is 262 g/mol. The number of hydrogen-bond donors (Lipinski definition) is 1. The van der Waals surface area contributed by atoms with Gasteiger partial charge in [0.05, 0.1) is 6.10 Å². The van der Waals surface area contributed by atoms with E-state index in [1.165, 1.54) is 18.4 Å². The van der Waals surface area contributed by atoms with Crippen molar-refractivity contribution in [3.63, 3.8) is 0 Å². The highest BCUT2D eigenvalue weighted by molar-refractivity contribution is 5.20. The third kappa shape index (κ3) is 4.30. The van der Waals surface area contributed by atoms with E-state index in [-0.39, 0.29) is 0 Å². The number of rotatable bonds is 7. The molecule has 1 heterocycles. The lowest BCUT2D eigenvalue weighted by atomic mass is 9.98. The van der Waals surface area contributed by atoms with Crippen LogP contribution in [-0.2, 0) is 4.74 Å². The maximum Gasteiger partial charge on any atom is 0.0702 e. The second-order valence-corrected chi connectivity index (χ2v) is 5.33. The van der Waals surface area contributed by atoms with Gasteiger partial charge in [-0.15, -0.1) is 0 Å². The first-order valence-corrected chi connectivity index (χ1v) is 7.42. The van der Waals surface area contributed by atoms with E-state index in [9.17, 15) is 0 Å². The summed E-state index contributed by atoms with van der Waals surface area (Å²) in [6.45, 7) is 6.97. The van der Waals surface area contributed by atoms with Crippen molar-refractivity contribution in [2.24, 2.45) is 5.73 Å². The first-order valence-electron chi connectivity index (χ1n) is 7.42. The molecule has 3 nitrogen and oxygen atoms in total. The molecule has 0 amide bonds. The molecule has 2 atom stereocenters. The first-order chi connectivity index (χ1) is 9.33. The summed E-state index contributed by atoms with van der Waals surface area (Å²) in [5.74, 6) is 0.419. The minimum Gasteiger partial charge on any atom is -0.377 e. The van der Waals surface area contributed by atoms with Gasteiger partial charge in [0.1, 0.15) is 0 Å². The van der Waals surface area contributed by atoms with Crippen LogP contribution in [0.1, 0.15) is 31.2 Å². The Balaban J connectivity index is 1.91. The van der Waals surface area contributed by atoms with Crippen LogP contribution in [0.5, 0.6) is 0 Å². The molecular weight excluding hydrogens is 236 g/mol. The van der Waals surface area contributed by atoms with E-state index in [0.29, 0.717) is 18.6 Å². The molecule has 19 heavy (non-hydrogen) atoms. The molecule has 0 aromatic heterocycles. The Kier molecular flexibility index (Phi) is 5.83. The van der Waals surface area contributed by atoms with Gasteiger partial charge in [-0.1, -0.05) is 37.3 Å². The Labute approximate surface area is 116 Å². The second-order valence-electron chi connectivity index (χ2n) is 5.33. The zero-order valence-corrected chi connectivity index (χ0v) is 11.9. The van der Waals surface area contributed by atoms with Gasteiger partial charge < -0.3 is 15.4 Å². The molecular formula is C16H26N2O. The van der Waals surface area contributed by atoms with Crippen LogP contribution in [0, 0.1) is 0 Å². The Bertz CT molecular complexity index is 349. The van der Waals surface area contributed by atoms with E-state index < -0.39 is 0 Å². The van der Waals surface area contributed by atoms with Gasteiger partial charge in [-0.25, -0.2) is 0 Å². The number of nitrogens with two attached hydrogens (primary N) is 1. The first kappa shape index (κ1) is 14.5. The van der Waals surface area contributed by atoms with Gasteiger partial charge in [0, 0.05) is 32.2 Å². The van der Waals surface area contributed by atoms with Crippen LogP contribution in [0.2, 0.25) is 0 Å². The lowest BCUT2D eigenvalue weighted by molar-refractivity contribution is 0.0730. The Hall–Kier alpha value is -0.900. The highest BCUT2D eigenvalue weighted by atomic mass is 16.5. The summed E-state index contributed by atoms with van der Waals surface area (Å²) in [6, 6.07) is 10.6. The Morgan fingerprint density at radius 3 is 2.74 bits per heavy atom. The van der Waals surface area contributed by atoms with Crippen LogP contribution in [0.4, 0.5) is 0 Å². The largest absolute Gasteiger partial charge is 0.377 e.